The second-order valence-corrected chi connectivity index (χ2v) is 4.31. The van der Waals surface area contributed by atoms with Gasteiger partial charge in [-0.1, -0.05) is 0 Å². The van der Waals surface area contributed by atoms with Crippen LogP contribution < -0.4 is 0 Å². The first-order chi connectivity index (χ1) is 8.20. The van der Waals surface area contributed by atoms with E-state index in [0.717, 1.165) is 10.2 Å². The maximum Gasteiger partial charge on any atom is 0.313 e. The lowest BCUT2D eigenvalue weighted by Crippen LogP contribution is -2.12. The van der Waals surface area contributed by atoms with E-state index in [2.05, 4.69) is 4.98 Å². The number of rotatable bonds is 4. The number of fused-ring (bicyclic) bond motifs is 1. The van der Waals surface area contributed by atoms with Crippen LogP contribution in [0.3, 0.4) is 0 Å². The minimum atomic E-state index is -0.509. The van der Waals surface area contributed by atoms with Crippen LogP contribution in [0.4, 0.5) is 0 Å². The van der Waals surface area contributed by atoms with Crippen LogP contribution in [0.1, 0.15) is 23.8 Å². The van der Waals surface area contributed by atoms with Gasteiger partial charge in [-0.15, -0.1) is 11.3 Å². The number of aromatic nitrogens is 1. The van der Waals surface area contributed by atoms with Gasteiger partial charge < -0.3 is 4.74 Å². The van der Waals surface area contributed by atoms with Gasteiger partial charge in [0, 0.05) is 5.39 Å². The van der Waals surface area contributed by atoms with Crippen molar-refractivity contribution in [1.82, 2.24) is 4.98 Å². The Bertz CT molecular complexity index is 562. The van der Waals surface area contributed by atoms with Crippen LogP contribution in [0.5, 0.6) is 0 Å². The van der Waals surface area contributed by atoms with Crippen LogP contribution in [0.2, 0.25) is 0 Å². The summed E-state index contributed by atoms with van der Waals surface area (Å²) in [6, 6.07) is 5.40. The van der Waals surface area contributed by atoms with Crippen LogP contribution >= 0.6 is 11.3 Å². The molecule has 5 heteroatoms. The van der Waals surface area contributed by atoms with Gasteiger partial charge in [-0.3, -0.25) is 9.59 Å². The van der Waals surface area contributed by atoms with Gasteiger partial charge in [0.1, 0.15) is 16.9 Å². The third-order valence-corrected chi connectivity index (χ3v) is 3.04. The number of carbonyl (C=O) groups is 2. The largest absolute Gasteiger partial charge is 0.466 e. The van der Waals surface area contributed by atoms with E-state index in [9.17, 15) is 9.59 Å². The van der Waals surface area contributed by atoms with Crippen LogP contribution in [-0.4, -0.2) is 23.3 Å². The fourth-order valence-electron chi connectivity index (χ4n) is 1.43. The first-order valence-electron chi connectivity index (χ1n) is 5.23. The third-order valence-electron chi connectivity index (χ3n) is 2.21. The lowest BCUT2D eigenvalue weighted by molar-refractivity contribution is -0.141. The standard InChI is InChI=1S/C12H11NO3S/c1-2-16-11(15)7-10(14)9-4-3-8-5-6-17-12(8)13-9/h3-6H,2,7H2,1H3. The Balaban J connectivity index is 2.15. The molecule has 0 aromatic carbocycles. The molecule has 0 atom stereocenters. The topological polar surface area (TPSA) is 56.3 Å². The highest BCUT2D eigenvalue weighted by molar-refractivity contribution is 7.16. The second kappa shape index (κ2) is 5.05. The third kappa shape index (κ3) is 2.68. The van der Waals surface area contributed by atoms with Gasteiger partial charge in [0.05, 0.1) is 6.61 Å². The minimum Gasteiger partial charge on any atom is -0.466 e. The van der Waals surface area contributed by atoms with Crippen molar-refractivity contribution in [3.8, 4) is 0 Å². The van der Waals surface area contributed by atoms with Crippen molar-refractivity contribution in [2.24, 2.45) is 0 Å². The maximum absolute atomic E-state index is 11.7. The van der Waals surface area contributed by atoms with E-state index in [4.69, 9.17) is 4.74 Å². The fourth-order valence-corrected chi connectivity index (χ4v) is 2.20. The zero-order valence-electron chi connectivity index (χ0n) is 9.30. The Morgan fingerprint density at radius 1 is 1.35 bits per heavy atom. The molecule has 2 aromatic rings. The SMILES string of the molecule is CCOC(=O)CC(=O)c1ccc2ccsc2n1. The number of hydrogen-bond donors (Lipinski definition) is 0. The number of carbonyl (C=O) groups excluding carboxylic acids is 2. The lowest BCUT2D eigenvalue weighted by Gasteiger charge is -2.01. The molecule has 0 aliphatic rings. The predicted molar refractivity (Wildman–Crippen MR) is 65.2 cm³/mol. The summed E-state index contributed by atoms with van der Waals surface area (Å²) < 4.78 is 4.72. The van der Waals surface area contributed by atoms with Crippen molar-refractivity contribution in [1.29, 1.82) is 0 Å². The molecule has 0 amide bonds. The molecule has 0 saturated carbocycles. The Kier molecular flexibility index (Phi) is 3.49. The molecule has 0 spiro atoms. The molecule has 0 aliphatic heterocycles. The molecule has 0 aliphatic carbocycles. The normalized spacial score (nSPS) is 10.4. The molecule has 2 heterocycles. The summed E-state index contributed by atoms with van der Waals surface area (Å²) in [5.74, 6) is -0.815. The Hall–Kier alpha value is -1.75. The highest BCUT2D eigenvalue weighted by Gasteiger charge is 2.14. The van der Waals surface area contributed by atoms with Crippen LogP contribution in [0, 0.1) is 0 Å². The zero-order valence-corrected chi connectivity index (χ0v) is 10.1. The van der Waals surface area contributed by atoms with E-state index in [0.29, 0.717) is 5.69 Å². The number of esters is 1. The number of hydrogen-bond acceptors (Lipinski definition) is 5. The number of nitrogens with zero attached hydrogens (tertiary/aromatic N) is 1. The van der Waals surface area contributed by atoms with E-state index in [1.54, 1.807) is 13.0 Å². The molecule has 17 heavy (non-hydrogen) atoms. The summed E-state index contributed by atoms with van der Waals surface area (Å²) >= 11 is 1.47. The molecule has 2 rings (SSSR count). The highest BCUT2D eigenvalue weighted by atomic mass is 32.1. The Labute approximate surface area is 102 Å². The number of pyridine rings is 1. The van der Waals surface area contributed by atoms with Crippen molar-refractivity contribution in [3.63, 3.8) is 0 Å². The van der Waals surface area contributed by atoms with Crippen molar-refractivity contribution in [2.45, 2.75) is 13.3 Å². The molecule has 2 aromatic heterocycles. The summed E-state index contributed by atoms with van der Waals surface area (Å²) in [7, 11) is 0. The molecule has 0 radical (unpaired) electrons. The van der Waals surface area contributed by atoms with Gasteiger partial charge in [0.25, 0.3) is 0 Å². The van der Waals surface area contributed by atoms with Crippen molar-refractivity contribution >= 4 is 33.3 Å². The molecular formula is C12H11NO3S. The monoisotopic (exact) mass is 249 g/mol. The van der Waals surface area contributed by atoms with Crippen molar-refractivity contribution < 1.29 is 14.3 Å². The smallest absolute Gasteiger partial charge is 0.313 e. The molecule has 0 N–H and O–H groups in total. The number of thiophene rings is 1. The van der Waals surface area contributed by atoms with Crippen LogP contribution in [0.25, 0.3) is 10.2 Å². The average Bonchev–Trinajstić information content (AvgIpc) is 2.75. The first-order valence-corrected chi connectivity index (χ1v) is 6.11. The van der Waals surface area contributed by atoms with E-state index in [1.165, 1.54) is 11.3 Å². The van der Waals surface area contributed by atoms with Crippen LogP contribution in [0.15, 0.2) is 23.6 Å². The lowest BCUT2D eigenvalue weighted by atomic mass is 10.2. The van der Waals surface area contributed by atoms with Crippen LogP contribution in [-0.2, 0) is 9.53 Å². The van der Waals surface area contributed by atoms with Gasteiger partial charge in [0.2, 0.25) is 0 Å². The number of Topliss-reactive ketones (excluding diaryl/α,β-unsaturated/α-hetero) is 1. The van der Waals surface area contributed by atoms with Crippen molar-refractivity contribution in [2.75, 3.05) is 6.61 Å². The molecule has 4 nitrogen and oxygen atoms in total. The number of ether oxygens (including phenoxy) is 1. The molecule has 0 fully saturated rings. The molecule has 0 bridgehead atoms. The molecule has 0 saturated heterocycles. The molecule has 0 unspecified atom stereocenters. The van der Waals surface area contributed by atoms with E-state index in [1.807, 2.05) is 17.5 Å². The zero-order chi connectivity index (χ0) is 12.3. The maximum atomic E-state index is 11.7. The van der Waals surface area contributed by atoms with E-state index in [-0.39, 0.29) is 18.8 Å². The first kappa shape index (κ1) is 11.7. The Morgan fingerprint density at radius 2 is 2.18 bits per heavy atom. The van der Waals surface area contributed by atoms with Gasteiger partial charge in [-0.2, -0.15) is 0 Å². The fraction of sp³-hybridized carbons (Fsp3) is 0.250. The summed E-state index contributed by atoms with van der Waals surface area (Å²) in [6.07, 6.45) is -0.252. The predicted octanol–water partition coefficient (Wildman–Crippen LogP) is 2.43. The highest BCUT2D eigenvalue weighted by Crippen LogP contribution is 2.19. The van der Waals surface area contributed by atoms with Crippen molar-refractivity contribution in [3.05, 3.63) is 29.3 Å². The summed E-state index contributed by atoms with van der Waals surface area (Å²) in [5, 5.41) is 2.92. The van der Waals surface area contributed by atoms with E-state index >= 15 is 0 Å². The van der Waals surface area contributed by atoms with Gasteiger partial charge in [-0.05, 0) is 30.5 Å². The quantitative estimate of drug-likeness (QED) is 0.474. The summed E-state index contributed by atoms with van der Waals surface area (Å²) in [5.41, 5.74) is 0.313. The molecule has 88 valence electrons. The summed E-state index contributed by atoms with van der Waals surface area (Å²) in [6.45, 7) is 1.99. The second-order valence-electron chi connectivity index (χ2n) is 3.42. The van der Waals surface area contributed by atoms with Gasteiger partial charge >= 0.3 is 5.97 Å². The van der Waals surface area contributed by atoms with Gasteiger partial charge in [0.15, 0.2) is 5.78 Å². The minimum absolute atomic E-state index is 0.252. The van der Waals surface area contributed by atoms with Gasteiger partial charge in [-0.25, -0.2) is 4.98 Å². The number of ketones is 1. The molecular weight excluding hydrogens is 238 g/mol. The Morgan fingerprint density at radius 3 is 2.94 bits per heavy atom. The summed E-state index contributed by atoms with van der Waals surface area (Å²) in [4.78, 5) is 27.9. The van der Waals surface area contributed by atoms with E-state index < -0.39 is 5.97 Å². The average molecular weight is 249 g/mol.